The molecule has 8 heteroatoms. The van der Waals surface area contributed by atoms with Crippen LogP contribution in [0, 0.1) is 0 Å². The lowest BCUT2D eigenvalue weighted by Crippen LogP contribution is -2.32. The Morgan fingerprint density at radius 1 is 1.19 bits per heavy atom. The molecule has 2 rings (SSSR count). The van der Waals surface area contributed by atoms with Crippen molar-refractivity contribution < 1.29 is 19.1 Å². The topological polar surface area (TPSA) is 94.4 Å². The zero-order chi connectivity index (χ0) is 18.8. The van der Waals surface area contributed by atoms with Gasteiger partial charge in [-0.1, -0.05) is 5.16 Å². The van der Waals surface area contributed by atoms with Crippen molar-refractivity contribution in [3.05, 3.63) is 53.9 Å². The van der Waals surface area contributed by atoms with Gasteiger partial charge in [-0.3, -0.25) is 15.1 Å². The smallest absolute Gasteiger partial charge is 0.321 e. The average Bonchev–Trinajstić information content (AvgIpc) is 2.67. The Labute approximate surface area is 151 Å². The van der Waals surface area contributed by atoms with E-state index in [1.165, 1.54) is 13.3 Å². The third-order valence-corrected chi connectivity index (χ3v) is 3.34. The number of nitrogens with zero attached hydrogens (tertiary/aromatic N) is 3. The number of nitrogens with one attached hydrogen (secondary N) is 1. The molecule has 0 saturated heterocycles. The molecule has 0 bridgehead atoms. The van der Waals surface area contributed by atoms with Crippen LogP contribution in [0.2, 0.25) is 0 Å². The fourth-order valence-electron chi connectivity index (χ4n) is 2.06. The first kappa shape index (κ1) is 18.9. The predicted octanol–water partition coefficient (Wildman–Crippen LogP) is 1.79. The number of ether oxygens (including phenoxy) is 2. The number of amides is 1. The number of oxime groups is 1. The highest BCUT2D eigenvalue weighted by Crippen LogP contribution is 2.24. The van der Waals surface area contributed by atoms with Gasteiger partial charge < -0.3 is 14.3 Å². The molecule has 0 unspecified atom stereocenters. The van der Waals surface area contributed by atoms with Crippen molar-refractivity contribution in [2.75, 3.05) is 21.3 Å². The summed E-state index contributed by atoms with van der Waals surface area (Å²) in [6.07, 6.45) is 4.83. The summed E-state index contributed by atoms with van der Waals surface area (Å²) in [6.45, 7) is 0. The van der Waals surface area contributed by atoms with E-state index >= 15 is 0 Å². The maximum atomic E-state index is 12.3. The molecule has 8 nitrogen and oxygen atoms in total. The van der Waals surface area contributed by atoms with Crippen molar-refractivity contribution in [1.29, 1.82) is 0 Å². The third kappa shape index (κ3) is 5.59. The molecule has 0 fully saturated rings. The van der Waals surface area contributed by atoms with Gasteiger partial charge in [-0.15, -0.1) is 0 Å². The molecule has 0 spiro atoms. The minimum atomic E-state index is -0.323. The van der Waals surface area contributed by atoms with E-state index in [0.29, 0.717) is 17.1 Å². The fourth-order valence-corrected chi connectivity index (χ4v) is 2.06. The summed E-state index contributed by atoms with van der Waals surface area (Å²) in [5, 5.41) is 6.35. The van der Waals surface area contributed by atoms with Gasteiger partial charge in [0, 0.05) is 25.0 Å². The Morgan fingerprint density at radius 2 is 1.96 bits per heavy atom. The first-order chi connectivity index (χ1) is 12.7. The van der Waals surface area contributed by atoms with Crippen LogP contribution in [0.5, 0.6) is 11.5 Å². The molecule has 0 radical (unpaired) electrons. The fraction of sp³-hybridized carbons (Fsp3) is 0.222. The summed E-state index contributed by atoms with van der Waals surface area (Å²) in [7, 11) is 4.59. The molecular weight excluding hydrogens is 336 g/mol. The van der Waals surface area contributed by atoms with Crippen LogP contribution in [0.4, 0.5) is 0 Å². The Hall–Kier alpha value is -3.42. The third-order valence-electron chi connectivity index (χ3n) is 3.34. The maximum Gasteiger partial charge on any atom is 0.321 e. The summed E-state index contributed by atoms with van der Waals surface area (Å²) in [5.74, 6) is 0.903. The lowest BCUT2D eigenvalue weighted by molar-refractivity contribution is -0.119. The summed E-state index contributed by atoms with van der Waals surface area (Å²) in [4.78, 5) is 25.1. The van der Waals surface area contributed by atoms with Crippen molar-refractivity contribution >= 4 is 18.1 Å². The molecule has 1 N–H and O–H groups in total. The Morgan fingerprint density at radius 3 is 2.62 bits per heavy atom. The summed E-state index contributed by atoms with van der Waals surface area (Å²) in [6, 6.07) is 8.76. The van der Waals surface area contributed by atoms with Gasteiger partial charge in [0.25, 0.3) is 0 Å². The number of aliphatic imine (C=N–C) groups is 1. The molecule has 1 aromatic heterocycles. The van der Waals surface area contributed by atoms with Crippen molar-refractivity contribution in [1.82, 2.24) is 10.3 Å². The first-order valence-electron chi connectivity index (χ1n) is 7.74. The zero-order valence-corrected chi connectivity index (χ0v) is 14.8. The number of amidine groups is 1. The Kier molecular flexibility index (Phi) is 7.11. The van der Waals surface area contributed by atoms with E-state index in [1.54, 1.807) is 56.9 Å². The molecule has 0 aliphatic carbocycles. The van der Waals surface area contributed by atoms with Crippen LogP contribution >= 0.6 is 0 Å². The van der Waals surface area contributed by atoms with Crippen LogP contribution in [0.1, 0.15) is 11.1 Å². The highest BCUT2D eigenvalue weighted by molar-refractivity contribution is 5.95. The van der Waals surface area contributed by atoms with Crippen molar-refractivity contribution in [2.24, 2.45) is 10.1 Å². The van der Waals surface area contributed by atoms with E-state index in [2.05, 4.69) is 20.4 Å². The number of hydrogen-bond acceptors (Lipinski definition) is 7. The van der Waals surface area contributed by atoms with E-state index in [1.807, 2.05) is 0 Å². The average molecular weight is 356 g/mol. The van der Waals surface area contributed by atoms with Crippen LogP contribution in [0.25, 0.3) is 0 Å². The summed E-state index contributed by atoms with van der Waals surface area (Å²) < 4.78 is 10.4. The maximum absolute atomic E-state index is 12.3. The van der Waals surface area contributed by atoms with Gasteiger partial charge in [-0.05, 0) is 35.9 Å². The standard InChI is InChI=1S/C18H20N4O4/c1-19-18(26-21-12-13-6-8-20-9-7-13)22-17(23)11-14-10-15(24-2)4-5-16(14)25-3/h4-10,12H,11H2,1-3H3,(H,19,22,23)/b21-12+. The number of carbonyl (C=O) groups is 1. The van der Waals surface area contributed by atoms with Gasteiger partial charge >= 0.3 is 6.02 Å². The van der Waals surface area contributed by atoms with Gasteiger partial charge in [0.1, 0.15) is 11.5 Å². The van der Waals surface area contributed by atoms with Gasteiger partial charge in [0.15, 0.2) is 0 Å². The van der Waals surface area contributed by atoms with Gasteiger partial charge in [0.2, 0.25) is 5.91 Å². The molecule has 2 aromatic rings. The molecule has 1 amide bonds. The van der Waals surface area contributed by atoms with Gasteiger partial charge in [-0.2, -0.15) is 0 Å². The monoisotopic (exact) mass is 356 g/mol. The number of benzene rings is 1. The molecule has 136 valence electrons. The molecule has 0 saturated carbocycles. The van der Waals surface area contributed by atoms with E-state index in [0.717, 1.165) is 5.56 Å². The van der Waals surface area contributed by atoms with Gasteiger partial charge in [0.05, 0.1) is 26.9 Å². The zero-order valence-electron chi connectivity index (χ0n) is 14.8. The van der Waals surface area contributed by atoms with Crippen LogP contribution in [0.3, 0.4) is 0 Å². The molecule has 1 heterocycles. The second-order valence-electron chi connectivity index (χ2n) is 5.04. The number of aromatic nitrogens is 1. The number of pyridine rings is 1. The van der Waals surface area contributed by atoms with E-state index < -0.39 is 0 Å². The molecule has 0 atom stereocenters. The SMILES string of the molecule is CN=C(NC(=O)Cc1cc(OC)ccc1OC)O/N=C/c1ccncc1. The molecule has 0 aliphatic heterocycles. The van der Waals surface area contributed by atoms with E-state index in [-0.39, 0.29) is 18.3 Å². The second kappa shape index (κ2) is 9.77. The minimum Gasteiger partial charge on any atom is -0.497 e. The lowest BCUT2D eigenvalue weighted by atomic mass is 10.1. The van der Waals surface area contributed by atoms with E-state index in [4.69, 9.17) is 14.3 Å². The number of carbonyl (C=O) groups excluding carboxylic acids is 1. The van der Waals surface area contributed by atoms with Crippen LogP contribution in [0.15, 0.2) is 52.9 Å². The van der Waals surface area contributed by atoms with Gasteiger partial charge in [-0.25, -0.2) is 4.99 Å². The number of methoxy groups -OCH3 is 2. The molecular formula is C18H20N4O4. The summed E-state index contributed by atoms with van der Waals surface area (Å²) >= 11 is 0. The molecule has 26 heavy (non-hydrogen) atoms. The predicted molar refractivity (Wildman–Crippen MR) is 97.7 cm³/mol. The first-order valence-corrected chi connectivity index (χ1v) is 7.74. The molecule has 1 aromatic carbocycles. The van der Waals surface area contributed by atoms with Crippen molar-refractivity contribution in [3.8, 4) is 11.5 Å². The normalized spacial score (nSPS) is 11.3. The number of hydrogen-bond donors (Lipinski definition) is 1. The molecule has 0 aliphatic rings. The largest absolute Gasteiger partial charge is 0.497 e. The van der Waals surface area contributed by atoms with Crippen molar-refractivity contribution in [2.45, 2.75) is 6.42 Å². The highest BCUT2D eigenvalue weighted by atomic mass is 16.6. The second-order valence-corrected chi connectivity index (χ2v) is 5.04. The highest BCUT2D eigenvalue weighted by Gasteiger charge is 2.12. The Bertz CT molecular complexity index is 791. The van der Waals surface area contributed by atoms with E-state index in [9.17, 15) is 4.79 Å². The van der Waals surface area contributed by atoms with Crippen molar-refractivity contribution in [3.63, 3.8) is 0 Å². The quantitative estimate of drug-likeness (QED) is 0.484. The number of rotatable bonds is 6. The van der Waals surface area contributed by atoms with Crippen LogP contribution < -0.4 is 14.8 Å². The Balaban J connectivity index is 1.96. The van der Waals surface area contributed by atoms with Crippen LogP contribution in [-0.2, 0) is 16.1 Å². The van der Waals surface area contributed by atoms with Crippen LogP contribution in [-0.4, -0.2) is 44.4 Å². The lowest BCUT2D eigenvalue weighted by Gasteiger charge is -2.10. The summed E-state index contributed by atoms with van der Waals surface area (Å²) in [5.41, 5.74) is 1.49. The minimum absolute atomic E-state index is 0.0119.